The zero-order chi connectivity index (χ0) is 67.9. The van der Waals surface area contributed by atoms with Crippen molar-refractivity contribution in [3.05, 3.63) is 108 Å². The SMILES string of the molecule is CCCCCCCC(=O)NCCCC[C@H](NC(=O)[C@@H](Cc1c[nH]c2ccccc12)NC(=O)[C@@H](CCCN=C(N)N)NC(=O)[C@@H](Cc1c[nH]c2ccccc12)NC(=O)[C@H](CCCN=C(N)N)NC(=O)[C@H](Cc1c[nH]c2ccccc12)NC(=O)[C@H](N)CCCN=C(N)N)C(N)=O. The van der Waals surface area contributed by atoms with Gasteiger partial charge in [0.2, 0.25) is 47.3 Å². The quantitative estimate of drug-likeness (QED) is 0.0142. The zero-order valence-corrected chi connectivity index (χ0v) is 53.5. The molecule has 3 aromatic heterocycles. The Hall–Kier alpha value is -10.2. The number of nitrogens with zero attached hydrogens (tertiary/aromatic N) is 3. The Kier molecular flexibility index (Phi) is 29.4. The highest BCUT2D eigenvalue weighted by molar-refractivity contribution is 5.99. The zero-order valence-electron chi connectivity index (χ0n) is 53.5. The fourth-order valence-electron chi connectivity index (χ4n) is 11.0. The fraction of sp³-hybridized carbons (Fsp3) is 0.462. The molecule has 3 aromatic carbocycles. The number of primary amides is 1. The van der Waals surface area contributed by atoms with E-state index in [0.717, 1.165) is 64.8 Å². The van der Waals surface area contributed by atoms with Crippen molar-refractivity contribution in [2.75, 3.05) is 26.2 Å². The molecule has 0 aliphatic heterocycles. The van der Waals surface area contributed by atoms with E-state index in [1.807, 2.05) is 72.8 Å². The standard InChI is InChI=1S/C65H95N21O8/c1-2-3-4-5-6-28-55(87)74-29-14-13-25-49(56(67)88)81-60(92)53(34-40-37-79-47-23-11-8-19-43(40)47)85-58(90)51(27-17-32-77-65(72)73)83-62(94)54(35-41-38-80-48-24-12-9-20-44(41)48)86-59(91)50(26-16-31-76-64(70)71)82-61(93)52(33-39-36-78-46-22-10-7-18-42(39)46)84-57(89)45(66)21-15-30-75-63(68)69/h7-12,18-20,22-24,36-38,45,49-54,78-80H,2-6,13-17,21,25-35,66H2,1H3,(H2,67,88)(H,74,87)(H,81,92)(H,82,93)(H,83,94)(H,84,89)(H,85,90)(H,86,91)(H4,68,69,75)(H4,70,71,76)(H4,72,73,77)/t45-,49+,50+,51-,52+,53-,54-/m1/s1. The van der Waals surface area contributed by atoms with Crippen molar-refractivity contribution in [1.29, 1.82) is 0 Å². The van der Waals surface area contributed by atoms with Crippen LogP contribution in [0.25, 0.3) is 32.7 Å². The average Bonchev–Trinajstić information content (AvgIpc) is 1.67. The van der Waals surface area contributed by atoms with E-state index in [4.69, 9.17) is 45.9 Å². The molecule has 0 aliphatic carbocycles. The molecule has 7 atom stereocenters. The van der Waals surface area contributed by atoms with E-state index >= 15 is 14.4 Å². The van der Waals surface area contributed by atoms with Crippen molar-refractivity contribution in [3.63, 3.8) is 0 Å². The Labute approximate surface area is 546 Å². The van der Waals surface area contributed by atoms with Crippen LogP contribution in [0.2, 0.25) is 0 Å². The maximum absolute atomic E-state index is 15.2. The van der Waals surface area contributed by atoms with E-state index in [9.17, 15) is 24.0 Å². The first kappa shape index (κ1) is 72.9. The van der Waals surface area contributed by atoms with E-state index in [1.165, 1.54) is 0 Å². The van der Waals surface area contributed by atoms with E-state index < -0.39 is 83.6 Å². The molecule has 0 fully saturated rings. The minimum absolute atomic E-state index is 0.0358. The number of nitrogens with two attached hydrogens (primary N) is 8. The molecule has 508 valence electrons. The molecule has 94 heavy (non-hydrogen) atoms. The average molecular weight is 1300 g/mol. The lowest BCUT2D eigenvalue weighted by atomic mass is 10.0. The molecular formula is C65H95N21O8. The number of hydrogen-bond donors (Lipinski definition) is 18. The van der Waals surface area contributed by atoms with Crippen LogP contribution < -0.4 is 83.1 Å². The molecule has 0 aliphatic rings. The maximum atomic E-state index is 15.2. The Bertz CT molecular complexity index is 3560. The molecular weight excluding hydrogens is 1200 g/mol. The van der Waals surface area contributed by atoms with Crippen molar-refractivity contribution >= 4 is 97.8 Å². The van der Waals surface area contributed by atoms with Crippen LogP contribution in [0.15, 0.2) is 106 Å². The summed E-state index contributed by atoms with van der Waals surface area (Å²) < 4.78 is 0. The minimum Gasteiger partial charge on any atom is -0.370 e. The summed E-state index contributed by atoms with van der Waals surface area (Å²) in [5, 5.41) is 22.1. The molecule has 6 rings (SSSR count). The van der Waals surface area contributed by atoms with Crippen LogP contribution in [-0.2, 0) is 57.6 Å². The van der Waals surface area contributed by atoms with Gasteiger partial charge in [-0.15, -0.1) is 0 Å². The highest BCUT2D eigenvalue weighted by atomic mass is 16.2. The lowest BCUT2D eigenvalue weighted by Crippen LogP contribution is -2.60. The van der Waals surface area contributed by atoms with E-state index in [0.29, 0.717) is 48.9 Å². The molecule has 0 saturated carbocycles. The second-order valence-electron chi connectivity index (χ2n) is 23.4. The Balaban J connectivity index is 1.28. The highest BCUT2D eigenvalue weighted by Gasteiger charge is 2.35. The van der Waals surface area contributed by atoms with E-state index in [2.05, 4.69) is 74.1 Å². The molecule has 0 saturated heterocycles. The van der Waals surface area contributed by atoms with Crippen molar-refractivity contribution in [2.24, 2.45) is 60.8 Å². The number of para-hydroxylation sites is 3. The number of unbranched alkanes of at least 4 members (excludes halogenated alkanes) is 5. The van der Waals surface area contributed by atoms with Crippen molar-refractivity contribution in [2.45, 2.75) is 165 Å². The number of amides is 8. The summed E-state index contributed by atoms with van der Waals surface area (Å²) >= 11 is 0. The third-order valence-electron chi connectivity index (χ3n) is 16.1. The third-order valence-corrected chi connectivity index (χ3v) is 16.1. The monoisotopic (exact) mass is 1300 g/mol. The smallest absolute Gasteiger partial charge is 0.243 e. The molecule has 0 radical (unpaired) electrons. The Morgan fingerprint density at radius 1 is 0.404 bits per heavy atom. The van der Waals surface area contributed by atoms with Gasteiger partial charge >= 0.3 is 0 Å². The number of carbonyl (C=O) groups is 8. The Morgan fingerprint density at radius 2 is 0.755 bits per heavy atom. The second-order valence-corrected chi connectivity index (χ2v) is 23.4. The number of aliphatic imine (C=N–C) groups is 3. The van der Waals surface area contributed by atoms with Gasteiger partial charge in [-0.1, -0.05) is 87.2 Å². The largest absolute Gasteiger partial charge is 0.370 e. The number of fused-ring (bicyclic) bond motifs is 3. The normalized spacial score (nSPS) is 13.4. The van der Waals surface area contributed by atoms with Crippen molar-refractivity contribution in [1.82, 2.24) is 52.2 Å². The van der Waals surface area contributed by atoms with Crippen LogP contribution in [0.4, 0.5) is 0 Å². The number of aromatic nitrogens is 3. The van der Waals surface area contributed by atoms with Gasteiger partial charge in [-0.05, 0) is 99.1 Å². The van der Waals surface area contributed by atoms with Gasteiger partial charge < -0.3 is 98.0 Å². The van der Waals surface area contributed by atoms with Gasteiger partial charge in [0, 0.05) is 103 Å². The molecule has 0 spiro atoms. The van der Waals surface area contributed by atoms with Crippen LogP contribution in [0.3, 0.4) is 0 Å². The van der Waals surface area contributed by atoms with Gasteiger partial charge in [0.25, 0.3) is 0 Å². The van der Waals surface area contributed by atoms with E-state index in [-0.39, 0.29) is 101 Å². The van der Waals surface area contributed by atoms with Crippen molar-refractivity contribution < 1.29 is 38.4 Å². The van der Waals surface area contributed by atoms with Gasteiger partial charge in [0.1, 0.15) is 36.3 Å². The molecule has 6 aromatic rings. The molecule has 29 heteroatoms. The predicted molar refractivity (Wildman–Crippen MR) is 365 cm³/mol. The fourth-order valence-corrected chi connectivity index (χ4v) is 11.0. The maximum Gasteiger partial charge on any atom is 0.243 e. The molecule has 0 bridgehead atoms. The third kappa shape index (κ3) is 23.8. The van der Waals surface area contributed by atoms with Crippen LogP contribution >= 0.6 is 0 Å². The number of H-pyrrole nitrogens is 3. The van der Waals surface area contributed by atoms with Gasteiger partial charge in [-0.3, -0.25) is 53.3 Å². The van der Waals surface area contributed by atoms with Gasteiger partial charge in [-0.25, -0.2) is 0 Å². The molecule has 0 unspecified atom stereocenters. The first-order valence-corrected chi connectivity index (χ1v) is 32.2. The first-order chi connectivity index (χ1) is 45.2. The topological polar surface area (TPSA) is 513 Å². The van der Waals surface area contributed by atoms with Gasteiger partial charge in [0.15, 0.2) is 17.9 Å². The van der Waals surface area contributed by atoms with Crippen LogP contribution in [-0.4, -0.2) is 149 Å². The van der Waals surface area contributed by atoms with Crippen molar-refractivity contribution in [3.8, 4) is 0 Å². The summed E-state index contributed by atoms with van der Waals surface area (Å²) in [7, 11) is 0. The second kappa shape index (κ2) is 38.0. The van der Waals surface area contributed by atoms with Crippen LogP contribution in [0.1, 0.15) is 120 Å². The first-order valence-electron chi connectivity index (χ1n) is 32.2. The lowest BCUT2D eigenvalue weighted by Gasteiger charge is -2.28. The molecule has 8 amide bonds. The Morgan fingerprint density at radius 3 is 1.16 bits per heavy atom. The predicted octanol–water partition coefficient (Wildman–Crippen LogP) is 0.688. The molecule has 29 nitrogen and oxygen atoms in total. The summed E-state index contributed by atoms with van der Waals surface area (Å²) in [4.78, 5) is 136. The minimum atomic E-state index is -1.46. The summed E-state index contributed by atoms with van der Waals surface area (Å²) in [5.74, 6) is -6.03. The number of hydrogen-bond acceptors (Lipinski definition) is 12. The summed E-state index contributed by atoms with van der Waals surface area (Å²) in [6, 6.07) is 12.9. The number of aromatic amines is 3. The summed E-state index contributed by atoms with van der Waals surface area (Å²) in [6.45, 7) is 2.79. The number of rotatable bonds is 42. The number of carbonyl (C=O) groups excluding carboxylic acids is 8. The van der Waals surface area contributed by atoms with Crippen LogP contribution in [0.5, 0.6) is 0 Å². The number of nitrogens with one attached hydrogen (secondary N) is 10. The summed E-state index contributed by atoms with van der Waals surface area (Å²) in [5.41, 5.74) is 50.1. The lowest BCUT2D eigenvalue weighted by molar-refractivity contribution is -0.135. The highest BCUT2D eigenvalue weighted by Crippen LogP contribution is 2.23. The van der Waals surface area contributed by atoms with Gasteiger partial charge in [0.05, 0.1) is 6.04 Å². The number of guanidine groups is 3. The van der Waals surface area contributed by atoms with Crippen LogP contribution in [0, 0.1) is 0 Å². The number of benzene rings is 3. The van der Waals surface area contributed by atoms with E-state index in [1.54, 1.807) is 18.6 Å². The van der Waals surface area contributed by atoms with Gasteiger partial charge in [-0.2, -0.15) is 0 Å². The summed E-state index contributed by atoms with van der Waals surface area (Å²) in [6.07, 6.45) is 12.1. The molecule has 3 heterocycles. The molecule has 26 N–H and O–H groups in total.